The molecule has 7 heteroatoms. The highest BCUT2D eigenvalue weighted by atomic mass is 16.5. The van der Waals surface area contributed by atoms with Gasteiger partial charge in [0.1, 0.15) is 18.3 Å². The summed E-state index contributed by atoms with van der Waals surface area (Å²) >= 11 is 0. The first-order valence-electron chi connectivity index (χ1n) is 7.00. The zero-order valence-corrected chi connectivity index (χ0v) is 13.5. The van der Waals surface area contributed by atoms with E-state index in [1.807, 2.05) is 0 Å². The van der Waals surface area contributed by atoms with Crippen molar-refractivity contribution in [1.29, 1.82) is 0 Å². The summed E-state index contributed by atoms with van der Waals surface area (Å²) in [6, 6.07) is 4.33. The molecule has 1 aromatic carbocycles. The molecule has 0 radical (unpaired) electrons. The molecule has 0 aliphatic carbocycles. The van der Waals surface area contributed by atoms with Gasteiger partial charge in [-0.2, -0.15) is 0 Å². The maximum atomic E-state index is 11.4. The van der Waals surface area contributed by atoms with Gasteiger partial charge in [-0.15, -0.1) is 0 Å². The normalized spacial score (nSPS) is 13.0. The first kappa shape index (κ1) is 17.1. The molecular formula is C16H20O7. The average molecular weight is 324 g/mol. The summed E-state index contributed by atoms with van der Waals surface area (Å²) in [6.45, 7) is 2.77. The number of methoxy groups -OCH3 is 2. The topological polar surface area (TPSA) is 98.4 Å². The van der Waals surface area contributed by atoms with Crippen molar-refractivity contribution >= 4 is 11.0 Å². The van der Waals surface area contributed by atoms with Crippen molar-refractivity contribution in [2.24, 2.45) is 0 Å². The highest BCUT2D eigenvalue weighted by molar-refractivity contribution is 5.88. The van der Waals surface area contributed by atoms with Gasteiger partial charge in [-0.1, -0.05) is 0 Å². The van der Waals surface area contributed by atoms with E-state index in [4.69, 9.17) is 18.6 Å². The van der Waals surface area contributed by atoms with E-state index in [9.17, 15) is 15.0 Å². The molecule has 0 spiro atoms. The van der Waals surface area contributed by atoms with Gasteiger partial charge in [0.15, 0.2) is 11.5 Å². The molecule has 1 heterocycles. The third kappa shape index (κ3) is 3.57. The average Bonchev–Trinajstić information content (AvgIpc) is 2.49. The van der Waals surface area contributed by atoms with Crippen molar-refractivity contribution in [2.45, 2.75) is 25.6 Å². The van der Waals surface area contributed by atoms with Gasteiger partial charge < -0.3 is 28.8 Å². The predicted octanol–water partition coefficient (Wildman–Crippen LogP) is 1.32. The molecule has 2 N–H and O–H groups in total. The van der Waals surface area contributed by atoms with Crippen LogP contribution in [0.1, 0.15) is 13.8 Å². The minimum absolute atomic E-state index is 0.175. The molecule has 0 aliphatic rings. The van der Waals surface area contributed by atoms with Crippen molar-refractivity contribution in [3.8, 4) is 17.2 Å². The molecule has 2 aromatic rings. The first-order chi connectivity index (χ1) is 10.8. The lowest BCUT2D eigenvalue weighted by molar-refractivity contribution is -0.0664. The Balaban J connectivity index is 2.48. The molecule has 1 aromatic heterocycles. The summed E-state index contributed by atoms with van der Waals surface area (Å²) in [7, 11) is 2.90. The van der Waals surface area contributed by atoms with E-state index in [1.165, 1.54) is 40.2 Å². The van der Waals surface area contributed by atoms with Crippen LogP contribution in [-0.2, 0) is 0 Å². The molecule has 0 saturated heterocycles. The number of aliphatic hydroxyl groups is 2. The Labute approximate surface area is 133 Å². The summed E-state index contributed by atoms with van der Waals surface area (Å²) < 4.78 is 21.3. The van der Waals surface area contributed by atoms with E-state index in [0.29, 0.717) is 16.9 Å². The number of ether oxygens (including phenoxy) is 3. The Bertz CT molecular complexity index is 742. The molecule has 0 aliphatic heterocycles. The first-order valence-corrected chi connectivity index (χ1v) is 7.00. The Kier molecular flexibility index (Phi) is 4.82. The van der Waals surface area contributed by atoms with Gasteiger partial charge >= 0.3 is 5.63 Å². The molecule has 0 fully saturated rings. The number of hydrogen-bond acceptors (Lipinski definition) is 7. The molecule has 1 atom stereocenters. The Morgan fingerprint density at radius 1 is 1.22 bits per heavy atom. The summed E-state index contributed by atoms with van der Waals surface area (Å²) in [5, 5.41) is 20.2. The fraction of sp³-hybridized carbons (Fsp3) is 0.438. The standard InChI is InChI=1S/C16H20O7/c1-16(2,19)12(17)8-22-11-7-10-9(5-6-13(18)23-10)14(20-3)15(11)21-4/h5-7,12,17,19H,8H2,1-4H3/t12-/m0/s1. The largest absolute Gasteiger partial charge is 0.492 e. The van der Waals surface area contributed by atoms with Crippen LogP contribution in [0, 0.1) is 0 Å². The summed E-state index contributed by atoms with van der Waals surface area (Å²) in [6.07, 6.45) is -1.11. The van der Waals surface area contributed by atoms with E-state index in [1.54, 1.807) is 6.07 Å². The van der Waals surface area contributed by atoms with Gasteiger partial charge in [-0.05, 0) is 19.9 Å². The van der Waals surface area contributed by atoms with Gasteiger partial charge in [0.05, 0.1) is 25.2 Å². The summed E-state index contributed by atoms with van der Waals surface area (Å²) in [4.78, 5) is 11.4. The fourth-order valence-corrected chi connectivity index (χ4v) is 2.02. The minimum atomic E-state index is -1.32. The highest BCUT2D eigenvalue weighted by Gasteiger charge is 2.26. The molecule has 0 saturated carbocycles. The van der Waals surface area contributed by atoms with Gasteiger partial charge in [0, 0.05) is 12.1 Å². The molecular weight excluding hydrogens is 304 g/mol. The van der Waals surface area contributed by atoms with Crippen LogP contribution < -0.4 is 19.8 Å². The van der Waals surface area contributed by atoms with E-state index < -0.39 is 17.3 Å². The number of hydrogen-bond donors (Lipinski definition) is 2. The lowest BCUT2D eigenvalue weighted by Crippen LogP contribution is -2.40. The molecule has 2 rings (SSSR count). The van der Waals surface area contributed by atoms with Crippen LogP contribution in [0.15, 0.2) is 27.4 Å². The number of fused-ring (bicyclic) bond motifs is 1. The van der Waals surface area contributed by atoms with Crippen LogP contribution in [-0.4, -0.2) is 42.7 Å². The Hall–Kier alpha value is -2.25. The van der Waals surface area contributed by atoms with Crippen LogP contribution in [0.4, 0.5) is 0 Å². The zero-order chi connectivity index (χ0) is 17.2. The van der Waals surface area contributed by atoms with Crippen LogP contribution in [0.2, 0.25) is 0 Å². The van der Waals surface area contributed by atoms with Crippen LogP contribution >= 0.6 is 0 Å². The molecule has 0 amide bonds. The van der Waals surface area contributed by atoms with E-state index in [-0.39, 0.29) is 17.9 Å². The minimum Gasteiger partial charge on any atom is -0.492 e. The fourth-order valence-electron chi connectivity index (χ4n) is 2.02. The number of aliphatic hydroxyl groups excluding tert-OH is 1. The predicted molar refractivity (Wildman–Crippen MR) is 83.4 cm³/mol. The second-order valence-electron chi connectivity index (χ2n) is 5.59. The quantitative estimate of drug-likeness (QED) is 0.773. The lowest BCUT2D eigenvalue weighted by atomic mass is 10.0. The molecule has 23 heavy (non-hydrogen) atoms. The van der Waals surface area contributed by atoms with Crippen LogP contribution in [0.5, 0.6) is 17.2 Å². The maximum absolute atomic E-state index is 11.4. The Morgan fingerprint density at radius 3 is 2.43 bits per heavy atom. The molecule has 7 nitrogen and oxygen atoms in total. The lowest BCUT2D eigenvalue weighted by Gasteiger charge is -2.25. The highest BCUT2D eigenvalue weighted by Crippen LogP contribution is 2.43. The van der Waals surface area contributed by atoms with Gasteiger partial charge in [-0.3, -0.25) is 0 Å². The van der Waals surface area contributed by atoms with Crippen molar-refractivity contribution in [3.05, 3.63) is 28.6 Å². The molecule has 126 valence electrons. The third-order valence-electron chi connectivity index (χ3n) is 3.42. The molecule has 0 bridgehead atoms. The number of rotatable bonds is 6. The molecule has 0 unspecified atom stereocenters. The van der Waals surface area contributed by atoms with E-state index >= 15 is 0 Å². The van der Waals surface area contributed by atoms with Crippen LogP contribution in [0.25, 0.3) is 11.0 Å². The van der Waals surface area contributed by atoms with Crippen molar-refractivity contribution in [1.82, 2.24) is 0 Å². The monoisotopic (exact) mass is 324 g/mol. The van der Waals surface area contributed by atoms with Gasteiger partial charge in [-0.25, -0.2) is 4.79 Å². The van der Waals surface area contributed by atoms with E-state index in [0.717, 1.165) is 0 Å². The summed E-state index contributed by atoms with van der Waals surface area (Å²) in [5.41, 5.74) is -1.56. The van der Waals surface area contributed by atoms with E-state index in [2.05, 4.69) is 0 Å². The van der Waals surface area contributed by atoms with Gasteiger partial charge in [0.25, 0.3) is 0 Å². The van der Waals surface area contributed by atoms with Crippen LogP contribution in [0.3, 0.4) is 0 Å². The number of benzene rings is 1. The van der Waals surface area contributed by atoms with Gasteiger partial charge in [0.2, 0.25) is 5.75 Å². The van der Waals surface area contributed by atoms with Crippen molar-refractivity contribution in [3.63, 3.8) is 0 Å². The van der Waals surface area contributed by atoms with Crippen molar-refractivity contribution in [2.75, 3.05) is 20.8 Å². The Morgan fingerprint density at radius 2 is 1.87 bits per heavy atom. The third-order valence-corrected chi connectivity index (χ3v) is 3.42. The SMILES string of the molecule is COc1c(OC[C@H](O)C(C)(C)O)cc2oc(=O)ccc2c1OC. The van der Waals surface area contributed by atoms with Crippen molar-refractivity contribution < 1.29 is 28.8 Å². The second kappa shape index (κ2) is 6.47. The zero-order valence-electron chi connectivity index (χ0n) is 13.5. The smallest absolute Gasteiger partial charge is 0.336 e. The second-order valence-corrected chi connectivity index (χ2v) is 5.59. The maximum Gasteiger partial charge on any atom is 0.336 e. The summed E-state index contributed by atoms with van der Waals surface area (Å²) in [5.74, 6) is 0.882.